The molecule has 0 aliphatic heterocycles. The normalized spacial score (nSPS) is 14.2. The van der Waals surface area contributed by atoms with Gasteiger partial charge in [-0.15, -0.1) is 6.58 Å². The highest BCUT2D eigenvalue weighted by Crippen LogP contribution is 2.08. The highest BCUT2D eigenvalue weighted by atomic mass is 16.5. The Morgan fingerprint density at radius 1 is 1.46 bits per heavy atom. The molecule has 0 heterocycles. The largest absolute Gasteiger partial charge is 0.394 e. The van der Waals surface area contributed by atoms with Crippen molar-refractivity contribution in [1.29, 1.82) is 0 Å². The molecule has 78 valence electrons. The van der Waals surface area contributed by atoms with Crippen LogP contribution in [0.4, 0.5) is 0 Å². The van der Waals surface area contributed by atoms with Crippen LogP contribution in [-0.2, 0) is 9.47 Å². The predicted octanol–water partition coefficient (Wildman–Crippen LogP) is 1.36. The molecule has 3 heteroatoms. The zero-order valence-corrected chi connectivity index (χ0v) is 8.75. The Morgan fingerprint density at radius 2 is 2.08 bits per heavy atom. The number of ether oxygens (including phenoxy) is 2. The standard InChI is InChI=1S/C10H20O3/c1-5-6-12-9(7-11)8-13-10(2,3)4/h5,9,11H,1,6-8H2,2-4H3/t9-/m1/s1. The van der Waals surface area contributed by atoms with Gasteiger partial charge in [0, 0.05) is 0 Å². The second-order valence-electron chi connectivity index (χ2n) is 3.85. The quantitative estimate of drug-likeness (QED) is 0.640. The summed E-state index contributed by atoms with van der Waals surface area (Å²) in [6.45, 7) is 10.3. The number of rotatable bonds is 6. The molecule has 1 N–H and O–H groups in total. The number of hydrogen-bond acceptors (Lipinski definition) is 3. The third kappa shape index (κ3) is 7.96. The lowest BCUT2D eigenvalue weighted by Gasteiger charge is -2.23. The van der Waals surface area contributed by atoms with Crippen LogP contribution in [0.2, 0.25) is 0 Å². The number of aliphatic hydroxyl groups excluding tert-OH is 1. The molecular formula is C10H20O3. The van der Waals surface area contributed by atoms with Crippen LogP contribution in [-0.4, -0.2) is 36.6 Å². The summed E-state index contributed by atoms with van der Waals surface area (Å²) < 4.78 is 10.7. The van der Waals surface area contributed by atoms with Crippen molar-refractivity contribution in [2.24, 2.45) is 0 Å². The SMILES string of the molecule is C=CCO[C@H](CO)COC(C)(C)C. The third-order valence-electron chi connectivity index (χ3n) is 1.36. The summed E-state index contributed by atoms with van der Waals surface area (Å²) in [5.74, 6) is 0. The summed E-state index contributed by atoms with van der Waals surface area (Å²) in [7, 11) is 0. The zero-order valence-electron chi connectivity index (χ0n) is 8.75. The average Bonchev–Trinajstić information content (AvgIpc) is 2.03. The Bertz CT molecular complexity index is 138. The molecular weight excluding hydrogens is 168 g/mol. The highest BCUT2D eigenvalue weighted by Gasteiger charge is 2.14. The van der Waals surface area contributed by atoms with E-state index in [0.29, 0.717) is 13.2 Å². The Balaban J connectivity index is 3.65. The minimum Gasteiger partial charge on any atom is -0.394 e. The molecule has 0 rings (SSSR count). The fraction of sp³-hybridized carbons (Fsp3) is 0.800. The van der Waals surface area contributed by atoms with Crippen molar-refractivity contribution in [1.82, 2.24) is 0 Å². The molecule has 0 spiro atoms. The van der Waals surface area contributed by atoms with Crippen molar-refractivity contribution < 1.29 is 14.6 Å². The third-order valence-corrected chi connectivity index (χ3v) is 1.36. The molecule has 0 bridgehead atoms. The highest BCUT2D eigenvalue weighted by molar-refractivity contribution is 4.68. The summed E-state index contributed by atoms with van der Waals surface area (Å²) in [6, 6.07) is 0. The second-order valence-corrected chi connectivity index (χ2v) is 3.85. The zero-order chi connectivity index (χ0) is 10.3. The molecule has 0 saturated carbocycles. The van der Waals surface area contributed by atoms with Crippen molar-refractivity contribution >= 4 is 0 Å². The van der Waals surface area contributed by atoms with Crippen molar-refractivity contribution in [2.75, 3.05) is 19.8 Å². The molecule has 0 radical (unpaired) electrons. The van der Waals surface area contributed by atoms with Crippen LogP contribution in [0.3, 0.4) is 0 Å². The van der Waals surface area contributed by atoms with Gasteiger partial charge < -0.3 is 14.6 Å². The lowest BCUT2D eigenvalue weighted by Crippen LogP contribution is -2.30. The summed E-state index contributed by atoms with van der Waals surface area (Å²) >= 11 is 0. The fourth-order valence-corrected chi connectivity index (χ4v) is 0.701. The van der Waals surface area contributed by atoms with E-state index < -0.39 is 0 Å². The van der Waals surface area contributed by atoms with E-state index in [1.54, 1.807) is 6.08 Å². The summed E-state index contributed by atoms with van der Waals surface area (Å²) in [5, 5.41) is 8.91. The van der Waals surface area contributed by atoms with Gasteiger partial charge in [0.25, 0.3) is 0 Å². The smallest absolute Gasteiger partial charge is 0.104 e. The van der Waals surface area contributed by atoms with Crippen LogP contribution in [0.5, 0.6) is 0 Å². The molecule has 0 aliphatic carbocycles. The molecule has 1 atom stereocenters. The Morgan fingerprint density at radius 3 is 2.46 bits per heavy atom. The molecule has 0 aromatic carbocycles. The van der Waals surface area contributed by atoms with Gasteiger partial charge in [-0.05, 0) is 20.8 Å². The minimum absolute atomic E-state index is 0.0239. The van der Waals surface area contributed by atoms with Crippen molar-refractivity contribution in [2.45, 2.75) is 32.5 Å². The summed E-state index contributed by atoms with van der Waals surface area (Å²) in [5.41, 5.74) is -0.190. The molecule has 0 saturated heterocycles. The molecule has 0 aliphatic rings. The first-order valence-corrected chi connectivity index (χ1v) is 4.47. The summed E-state index contributed by atoms with van der Waals surface area (Å²) in [6.07, 6.45) is 1.40. The maximum Gasteiger partial charge on any atom is 0.104 e. The Kier molecular flexibility index (Phi) is 5.95. The van der Waals surface area contributed by atoms with Gasteiger partial charge in [0.15, 0.2) is 0 Å². The molecule has 3 nitrogen and oxygen atoms in total. The predicted molar refractivity (Wildman–Crippen MR) is 52.7 cm³/mol. The van der Waals surface area contributed by atoms with Crippen LogP contribution in [0, 0.1) is 0 Å². The van der Waals surface area contributed by atoms with Gasteiger partial charge >= 0.3 is 0 Å². The van der Waals surface area contributed by atoms with E-state index in [0.717, 1.165) is 0 Å². The van der Waals surface area contributed by atoms with Gasteiger partial charge in [0.05, 0.1) is 25.4 Å². The van der Waals surface area contributed by atoms with Gasteiger partial charge in [0.1, 0.15) is 6.10 Å². The monoisotopic (exact) mass is 188 g/mol. The second kappa shape index (κ2) is 6.13. The van der Waals surface area contributed by atoms with E-state index in [9.17, 15) is 0 Å². The fourth-order valence-electron chi connectivity index (χ4n) is 0.701. The van der Waals surface area contributed by atoms with E-state index in [2.05, 4.69) is 6.58 Å². The van der Waals surface area contributed by atoms with Crippen LogP contribution in [0.1, 0.15) is 20.8 Å². The summed E-state index contributed by atoms with van der Waals surface area (Å²) in [4.78, 5) is 0. The maximum atomic E-state index is 8.91. The molecule has 0 aromatic heterocycles. The van der Waals surface area contributed by atoms with Crippen LogP contribution in [0.15, 0.2) is 12.7 Å². The molecule has 0 aromatic rings. The number of aliphatic hydroxyl groups is 1. The lowest BCUT2D eigenvalue weighted by atomic mass is 10.2. The Labute approximate surface area is 80.4 Å². The van der Waals surface area contributed by atoms with Crippen molar-refractivity contribution in [3.63, 3.8) is 0 Å². The minimum atomic E-state index is -0.253. The topological polar surface area (TPSA) is 38.7 Å². The first kappa shape index (κ1) is 12.6. The van der Waals surface area contributed by atoms with E-state index >= 15 is 0 Å². The molecule has 13 heavy (non-hydrogen) atoms. The van der Waals surface area contributed by atoms with E-state index in [1.165, 1.54) is 0 Å². The Hall–Kier alpha value is -0.380. The van der Waals surface area contributed by atoms with Crippen LogP contribution < -0.4 is 0 Å². The van der Waals surface area contributed by atoms with E-state index in [-0.39, 0.29) is 18.3 Å². The van der Waals surface area contributed by atoms with Crippen LogP contribution in [0.25, 0.3) is 0 Å². The lowest BCUT2D eigenvalue weighted by molar-refractivity contribution is -0.0815. The maximum absolute atomic E-state index is 8.91. The van der Waals surface area contributed by atoms with Gasteiger partial charge in [0.2, 0.25) is 0 Å². The van der Waals surface area contributed by atoms with E-state index in [4.69, 9.17) is 14.6 Å². The van der Waals surface area contributed by atoms with Crippen molar-refractivity contribution in [3.8, 4) is 0 Å². The van der Waals surface area contributed by atoms with Gasteiger partial charge in [-0.25, -0.2) is 0 Å². The first-order chi connectivity index (χ1) is 5.99. The van der Waals surface area contributed by atoms with Crippen molar-refractivity contribution in [3.05, 3.63) is 12.7 Å². The van der Waals surface area contributed by atoms with Gasteiger partial charge in [-0.2, -0.15) is 0 Å². The average molecular weight is 188 g/mol. The van der Waals surface area contributed by atoms with Gasteiger partial charge in [-0.1, -0.05) is 6.08 Å². The number of hydrogen-bond donors (Lipinski definition) is 1. The first-order valence-electron chi connectivity index (χ1n) is 4.47. The molecule has 0 unspecified atom stereocenters. The van der Waals surface area contributed by atoms with Crippen LogP contribution >= 0.6 is 0 Å². The van der Waals surface area contributed by atoms with E-state index in [1.807, 2.05) is 20.8 Å². The van der Waals surface area contributed by atoms with Gasteiger partial charge in [-0.3, -0.25) is 0 Å². The molecule has 0 fully saturated rings. The molecule has 0 amide bonds.